The molecule has 0 aliphatic heterocycles. The molecule has 0 unspecified atom stereocenters. The van der Waals surface area contributed by atoms with Gasteiger partial charge in [0.25, 0.3) is 0 Å². The van der Waals surface area contributed by atoms with Crippen LogP contribution in [0, 0.1) is 6.92 Å². The van der Waals surface area contributed by atoms with E-state index in [4.69, 9.17) is 0 Å². The van der Waals surface area contributed by atoms with Gasteiger partial charge in [-0.25, -0.2) is 0 Å². The molecule has 100 valence electrons. The molecule has 1 N–H and O–H groups in total. The fourth-order valence-corrected chi connectivity index (χ4v) is 2.84. The Kier molecular flexibility index (Phi) is 3.70. The molecule has 3 rings (SSSR count). The average Bonchev–Trinajstić information content (AvgIpc) is 2.46. The molecule has 0 amide bonds. The third kappa shape index (κ3) is 2.83. The monoisotopic (exact) mass is 326 g/mol. The number of hydrogen-bond acceptors (Lipinski definition) is 2. The molecule has 1 heterocycles. The molecular formula is C17H15BrN2. The Labute approximate surface area is 127 Å². The number of pyridine rings is 1. The molecule has 0 aliphatic carbocycles. The molecule has 0 bridgehead atoms. The van der Waals surface area contributed by atoms with E-state index >= 15 is 0 Å². The number of nitrogens with zero attached hydrogens (tertiary/aromatic N) is 1. The lowest BCUT2D eigenvalue weighted by atomic mass is 10.1. The van der Waals surface area contributed by atoms with E-state index in [0.717, 1.165) is 16.7 Å². The summed E-state index contributed by atoms with van der Waals surface area (Å²) in [5.41, 5.74) is 3.63. The quantitative estimate of drug-likeness (QED) is 0.739. The second-order valence-corrected chi connectivity index (χ2v) is 5.75. The van der Waals surface area contributed by atoms with E-state index in [9.17, 15) is 0 Å². The van der Waals surface area contributed by atoms with Crippen molar-refractivity contribution in [2.45, 2.75) is 13.5 Å². The van der Waals surface area contributed by atoms with Gasteiger partial charge in [0, 0.05) is 34.5 Å². The Bertz CT molecular complexity index is 753. The Morgan fingerprint density at radius 1 is 1.05 bits per heavy atom. The SMILES string of the molecule is Cc1ccc(NCc2ccc3cnccc3c2)c(Br)c1. The van der Waals surface area contributed by atoms with Crippen molar-refractivity contribution in [1.29, 1.82) is 0 Å². The van der Waals surface area contributed by atoms with Gasteiger partial charge in [0.2, 0.25) is 0 Å². The zero-order chi connectivity index (χ0) is 13.9. The van der Waals surface area contributed by atoms with Crippen LogP contribution in [0.15, 0.2) is 59.3 Å². The first kappa shape index (κ1) is 13.1. The second-order valence-electron chi connectivity index (χ2n) is 4.89. The summed E-state index contributed by atoms with van der Waals surface area (Å²) in [6.07, 6.45) is 3.72. The van der Waals surface area contributed by atoms with Crippen molar-refractivity contribution in [2.24, 2.45) is 0 Å². The number of benzene rings is 2. The van der Waals surface area contributed by atoms with Crippen LogP contribution in [0.2, 0.25) is 0 Å². The van der Waals surface area contributed by atoms with Gasteiger partial charge in [0.1, 0.15) is 0 Å². The summed E-state index contributed by atoms with van der Waals surface area (Å²) in [6, 6.07) is 14.8. The Morgan fingerprint density at radius 2 is 1.95 bits per heavy atom. The van der Waals surface area contributed by atoms with Crippen molar-refractivity contribution in [2.75, 3.05) is 5.32 Å². The number of anilines is 1. The lowest BCUT2D eigenvalue weighted by Gasteiger charge is -2.10. The van der Waals surface area contributed by atoms with Gasteiger partial charge < -0.3 is 5.32 Å². The summed E-state index contributed by atoms with van der Waals surface area (Å²) < 4.78 is 1.10. The van der Waals surface area contributed by atoms with Crippen molar-refractivity contribution in [1.82, 2.24) is 4.98 Å². The molecular weight excluding hydrogens is 312 g/mol. The van der Waals surface area contributed by atoms with Gasteiger partial charge in [-0.1, -0.05) is 18.2 Å². The summed E-state index contributed by atoms with van der Waals surface area (Å²) in [5.74, 6) is 0. The van der Waals surface area contributed by atoms with Crippen LogP contribution >= 0.6 is 15.9 Å². The predicted octanol–water partition coefficient (Wildman–Crippen LogP) is 4.92. The average molecular weight is 327 g/mol. The molecule has 2 aromatic carbocycles. The fraction of sp³-hybridized carbons (Fsp3) is 0.118. The minimum Gasteiger partial charge on any atom is -0.380 e. The zero-order valence-electron chi connectivity index (χ0n) is 11.2. The van der Waals surface area contributed by atoms with Crippen LogP contribution in [0.25, 0.3) is 10.8 Å². The summed E-state index contributed by atoms with van der Waals surface area (Å²) in [7, 11) is 0. The third-order valence-corrected chi connectivity index (χ3v) is 3.97. The molecule has 0 spiro atoms. The van der Waals surface area contributed by atoms with Crippen molar-refractivity contribution >= 4 is 32.4 Å². The first-order valence-corrected chi connectivity index (χ1v) is 7.34. The largest absolute Gasteiger partial charge is 0.380 e. The normalized spacial score (nSPS) is 10.7. The highest BCUT2D eigenvalue weighted by Gasteiger charge is 2.01. The molecule has 20 heavy (non-hydrogen) atoms. The summed E-state index contributed by atoms with van der Waals surface area (Å²) in [4.78, 5) is 4.13. The fourth-order valence-electron chi connectivity index (χ4n) is 2.20. The minimum atomic E-state index is 0.805. The first-order chi connectivity index (χ1) is 9.72. The number of fused-ring (bicyclic) bond motifs is 1. The highest BCUT2D eigenvalue weighted by Crippen LogP contribution is 2.24. The molecule has 0 saturated heterocycles. The van der Waals surface area contributed by atoms with Crippen molar-refractivity contribution in [3.8, 4) is 0 Å². The number of halogens is 1. The van der Waals surface area contributed by atoms with Crippen LogP contribution in [0.4, 0.5) is 5.69 Å². The van der Waals surface area contributed by atoms with Gasteiger partial charge in [-0.15, -0.1) is 0 Å². The van der Waals surface area contributed by atoms with Crippen LogP contribution in [-0.4, -0.2) is 4.98 Å². The predicted molar refractivity (Wildman–Crippen MR) is 87.9 cm³/mol. The van der Waals surface area contributed by atoms with Crippen molar-refractivity contribution < 1.29 is 0 Å². The maximum atomic E-state index is 4.13. The van der Waals surface area contributed by atoms with Gasteiger partial charge >= 0.3 is 0 Å². The molecule has 0 radical (unpaired) electrons. The molecule has 0 atom stereocenters. The minimum absolute atomic E-state index is 0.805. The number of aromatic nitrogens is 1. The van der Waals surface area contributed by atoms with Crippen LogP contribution in [0.1, 0.15) is 11.1 Å². The third-order valence-electron chi connectivity index (χ3n) is 3.31. The van der Waals surface area contributed by atoms with E-state index in [1.54, 1.807) is 0 Å². The van der Waals surface area contributed by atoms with E-state index < -0.39 is 0 Å². The Balaban J connectivity index is 1.79. The topological polar surface area (TPSA) is 24.9 Å². The van der Waals surface area contributed by atoms with Crippen molar-refractivity contribution in [3.63, 3.8) is 0 Å². The van der Waals surface area contributed by atoms with Crippen molar-refractivity contribution in [3.05, 3.63) is 70.5 Å². The molecule has 3 heteroatoms. The van der Waals surface area contributed by atoms with Gasteiger partial charge in [0.15, 0.2) is 0 Å². The highest BCUT2D eigenvalue weighted by atomic mass is 79.9. The summed E-state index contributed by atoms with van der Waals surface area (Å²) in [5, 5.41) is 5.86. The van der Waals surface area contributed by atoms with E-state index in [1.807, 2.05) is 18.5 Å². The number of rotatable bonds is 3. The maximum absolute atomic E-state index is 4.13. The summed E-state index contributed by atoms with van der Waals surface area (Å²) >= 11 is 3.59. The molecule has 0 saturated carbocycles. The summed E-state index contributed by atoms with van der Waals surface area (Å²) in [6.45, 7) is 2.89. The van der Waals surface area contributed by atoms with E-state index in [-0.39, 0.29) is 0 Å². The van der Waals surface area contributed by atoms with E-state index in [2.05, 4.69) is 69.6 Å². The molecule has 2 nitrogen and oxygen atoms in total. The van der Waals surface area contributed by atoms with Gasteiger partial charge in [-0.2, -0.15) is 0 Å². The van der Waals surface area contributed by atoms with E-state index in [1.165, 1.54) is 21.9 Å². The Morgan fingerprint density at radius 3 is 2.80 bits per heavy atom. The second kappa shape index (κ2) is 5.63. The molecule has 1 aromatic heterocycles. The molecule has 0 aliphatic rings. The van der Waals surface area contributed by atoms with Gasteiger partial charge in [-0.3, -0.25) is 4.98 Å². The van der Waals surface area contributed by atoms with Crippen LogP contribution in [0.5, 0.6) is 0 Å². The van der Waals surface area contributed by atoms with Gasteiger partial charge in [-0.05, 0) is 63.6 Å². The lowest BCUT2D eigenvalue weighted by Crippen LogP contribution is -2.00. The first-order valence-electron chi connectivity index (χ1n) is 6.55. The number of hydrogen-bond donors (Lipinski definition) is 1. The van der Waals surface area contributed by atoms with E-state index in [0.29, 0.717) is 0 Å². The standard InChI is InChI=1S/C17H15BrN2/c1-12-2-5-17(16(18)8-12)20-10-13-3-4-15-11-19-7-6-14(15)9-13/h2-9,11,20H,10H2,1H3. The number of nitrogens with one attached hydrogen (secondary N) is 1. The van der Waals surface area contributed by atoms with Crippen LogP contribution in [-0.2, 0) is 6.54 Å². The molecule has 0 fully saturated rings. The smallest absolute Gasteiger partial charge is 0.0487 e. The zero-order valence-corrected chi connectivity index (χ0v) is 12.8. The molecule has 3 aromatic rings. The highest BCUT2D eigenvalue weighted by molar-refractivity contribution is 9.10. The lowest BCUT2D eigenvalue weighted by molar-refractivity contribution is 1.15. The van der Waals surface area contributed by atoms with Crippen LogP contribution in [0.3, 0.4) is 0 Å². The number of aryl methyl sites for hydroxylation is 1. The maximum Gasteiger partial charge on any atom is 0.0487 e. The Hall–Kier alpha value is -1.87. The van der Waals surface area contributed by atoms with Crippen LogP contribution < -0.4 is 5.32 Å². The van der Waals surface area contributed by atoms with Gasteiger partial charge in [0.05, 0.1) is 0 Å².